The summed E-state index contributed by atoms with van der Waals surface area (Å²) in [5.74, 6) is -1.56. The van der Waals surface area contributed by atoms with Crippen molar-refractivity contribution < 1.29 is 19.1 Å². The number of halogens is 1. The van der Waals surface area contributed by atoms with Crippen LogP contribution >= 0.6 is 11.8 Å². The average Bonchev–Trinajstić information content (AvgIpc) is 2.43. The molecule has 0 aliphatic carbocycles. The van der Waals surface area contributed by atoms with E-state index < -0.39 is 11.4 Å². The number of hydrogen-bond acceptors (Lipinski definition) is 3. The molecule has 0 aliphatic rings. The second kappa shape index (κ2) is 7.28. The highest BCUT2D eigenvalue weighted by Gasteiger charge is 2.31. The van der Waals surface area contributed by atoms with Crippen molar-refractivity contribution >= 4 is 23.6 Å². The first-order valence-electron chi connectivity index (χ1n) is 6.26. The molecule has 4 nitrogen and oxygen atoms in total. The Hall–Kier alpha value is -1.56. The lowest BCUT2D eigenvalue weighted by molar-refractivity contribution is -0.148. The second-order valence-corrected chi connectivity index (χ2v) is 5.73. The van der Waals surface area contributed by atoms with Crippen molar-refractivity contribution in [2.24, 2.45) is 5.41 Å². The Kier molecular flexibility index (Phi) is 6.01. The van der Waals surface area contributed by atoms with E-state index in [1.807, 2.05) is 0 Å². The second-order valence-electron chi connectivity index (χ2n) is 4.72. The molecule has 0 radical (unpaired) electrons. The third-order valence-corrected chi connectivity index (χ3v) is 4.22. The minimum absolute atomic E-state index is 0.0559. The molecule has 0 heterocycles. The molecule has 20 heavy (non-hydrogen) atoms. The molecule has 1 unspecified atom stereocenters. The highest BCUT2D eigenvalue weighted by atomic mass is 32.2. The van der Waals surface area contributed by atoms with Crippen LogP contribution in [0.25, 0.3) is 0 Å². The van der Waals surface area contributed by atoms with Crippen LogP contribution in [0.15, 0.2) is 29.2 Å². The quantitative estimate of drug-likeness (QED) is 0.759. The van der Waals surface area contributed by atoms with Gasteiger partial charge in [0.2, 0.25) is 5.91 Å². The number of hydrogen-bond donors (Lipinski definition) is 2. The minimum Gasteiger partial charge on any atom is -0.481 e. The summed E-state index contributed by atoms with van der Waals surface area (Å²) in [7, 11) is 0. The maximum absolute atomic E-state index is 13.3. The molecule has 0 fully saturated rings. The maximum Gasteiger partial charge on any atom is 0.311 e. The average molecular weight is 299 g/mol. The molecule has 0 spiro atoms. The lowest BCUT2D eigenvalue weighted by Crippen LogP contribution is -2.41. The maximum atomic E-state index is 13.3. The van der Waals surface area contributed by atoms with E-state index in [4.69, 9.17) is 5.11 Å². The molecule has 110 valence electrons. The molecule has 1 rings (SSSR count). The van der Waals surface area contributed by atoms with Gasteiger partial charge >= 0.3 is 5.97 Å². The first-order chi connectivity index (χ1) is 9.39. The van der Waals surface area contributed by atoms with Crippen LogP contribution in [0.5, 0.6) is 0 Å². The minimum atomic E-state index is -0.974. The molecule has 0 saturated carbocycles. The van der Waals surface area contributed by atoms with Crippen molar-refractivity contribution in [1.82, 2.24) is 5.32 Å². The van der Waals surface area contributed by atoms with Gasteiger partial charge in [0.1, 0.15) is 5.82 Å². The number of amides is 1. The Morgan fingerprint density at radius 2 is 2.05 bits per heavy atom. The van der Waals surface area contributed by atoms with Gasteiger partial charge in [-0.05, 0) is 25.5 Å². The van der Waals surface area contributed by atoms with Crippen LogP contribution in [-0.4, -0.2) is 29.3 Å². The summed E-state index contributed by atoms with van der Waals surface area (Å²) in [6.07, 6.45) is 0.420. The third kappa shape index (κ3) is 4.52. The summed E-state index contributed by atoms with van der Waals surface area (Å²) < 4.78 is 13.3. The number of aliphatic carboxylic acids is 1. The molecule has 0 saturated heterocycles. The van der Waals surface area contributed by atoms with Crippen LogP contribution < -0.4 is 5.32 Å². The molecule has 1 aromatic carbocycles. The summed E-state index contributed by atoms with van der Waals surface area (Å²) in [4.78, 5) is 23.2. The van der Waals surface area contributed by atoms with Crippen molar-refractivity contribution in [2.75, 3.05) is 12.3 Å². The fourth-order valence-corrected chi connectivity index (χ4v) is 2.17. The standard InChI is InChI=1S/C14H18FNO3S/c1-3-14(2,13(18)19)9-16-12(17)8-20-11-7-5-4-6-10(11)15/h4-7H,3,8-9H2,1-2H3,(H,16,17)(H,18,19). The van der Waals surface area contributed by atoms with E-state index in [1.165, 1.54) is 6.07 Å². The SMILES string of the molecule is CCC(C)(CNC(=O)CSc1ccccc1F)C(=O)O. The number of thioether (sulfide) groups is 1. The Bertz CT molecular complexity index is 495. The van der Waals surface area contributed by atoms with Crippen molar-refractivity contribution in [3.63, 3.8) is 0 Å². The third-order valence-electron chi connectivity index (χ3n) is 3.17. The van der Waals surface area contributed by atoms with E-state index in [1.54, 1.807) is 32.0 Å². The summed E-state index contributed by atoms with van der Waals surface area (Å²) in [5, 5.41) is 11.7. The molecule has 1 amide bonds. The molecule has 0 aromatic heterocycles. The first-order valence-corrected chi connectivity index (χ1v) is 7.25. The van der Waals surface area contributed by atoms with Crippen molar-refractivity contribution in [1.29, 1.82) is 0 Å². The number of carboxylic acids is 1. The molecule has 1 aromatic rings. The Morgan fingerprint density at radius 1 is 1.40 bits per heavy atom. The van der Waals surface area contributed by atoms with E-state index in [-0.39, 0.29) is 24.0 Å². The molecule has 2 N–H and O–H groups in total. The van der Waals surface area contributed by atoms with E-state index in [9.17, 15) is 14.0 Å². The van der Waals surface area contributed by atoms with Gasteiger partial charge in [-0.3, -0.25) is 9.59 Å². The normalized spacial score (nSPS) is 13.6. The molecule has 6 heteroatoms. The van der Waals surface area contributed by atoms with E-state index in [0.717, 1.165) is 11.8 Å². The first kappa shape index (κ1) is 16.5. The van der Waals surface area contributed by atoms with Gasteiger partial charge in [-0.15, -0.1) is 11.8 Å². The van der Waals surface area contributed by atoms with Crippen LogP contribution in [0.2, 0.25) is 0 Å². The van der Waals surface area contributed by atoms with Gasteiger partial charge in [-0.1, -0.05) is 19.1 Å². The number of carbonyl (C=O) groups is 2. The summed E-state index contributed by atoms with van der Waals surface area (Å²) in [5.41, 5.74) is -0.974. The van der Waals surface area contributed by atoms with Gasteiger partial charge in [0.05, 0.1) is 11.2 Å². The van der Waals surface area contributed by atoms with Crippen LogP contribution in [0.1, 0.15) is 20.3 Å². The topological polar surface area (TPSA) is 66.4 Å². The van der Waals surface area contributed by atoms with Gasteiger partial charge < -0.3 is 10.4 Å². The van der Waals surface area contributed by atoms with Crippen LogP contribution in [0.4, 0.5) is 4.39 Å². The molecule has 0 bridgehead atoms. The predicted molar refractivity (Wildman–Crippen MR) is 76.2 cm³/mol. The number of carboxylic acid groups (broad SMARTS) is 1. The lowest BCUT2D eigenvalue weighted by Gasteiger charge is -2.23. The Morgan fingerprint density at radius 3 is 2.60 bits per heavy atom. The molecular formula is C14H18FNO3S. The molecule has 0 aliphatic heterocycles. The smallest absolute Gasteiger partial charge is 0.311 e. The van der Waals surface area contributed by atoms with Gasteiger partial charge in [0, 0.05) is 11.4 Å². The highest BCUT2D eigenvalue weighted by Crippen LogP contribution is 2.22. The molecular weight excluding hydrogens is 281 g/mol. The monoisotopic (exact) mass is 299 g/mol. The predicted octanol–water partition coefficient (Wildman–Crippen LogP) is 2.53. The highest BCUT2D eigenvalue weighted by molar-refractivity contribution is 8.00. The Labute approximate surface area is 121 Å². The number of nitrogens with one attached hydrogen (secondary N) is 1. The zero-order valence-corrected chi connectivity index (χ0v) is 12.3. The number of carbonyl (C=O) groups excluding carboxylic acids is 1. The largest absolute Gasteiger partial charge is 0.481 e. The van der Waals surface area contributed by atoms with Gasteiger partial charge in [0.25, 0.3) is 0 Å². The Balaban J connectivity index is 2.45. The zero-order chi connectivity index (χ0) is 15.2. The van der Waals surface area contributed by atoms with Crippen molar-refractivity contribution in [3.8, 4) is 0 Å². The number of benzene rings is 1. The fraction of sp³-hybridized carbons (Fsp3) is 0.429. The van der Waals surface area contributed by atoms with E-state index in [0.29, 0.717) is 11.3 Å². The number of rotatable bonds is 7. The van der Waals surface area contributed by atoms with Crippen LogP contribution in [0, 0.1) is 11.2 Å². The fourth-order valence-electron chi connectivity index (χ4n) is 1.40. The van der Waals surface area contributed by atoms with E-state index in [2.05, 4.69) is 5.32 Å². The zero-order valence-electron chi connectivity index (χ0n) is 11.5. The molecule has 1 atom stereocenters. The van der Waals surface area contributed by atoms with Crippen molar-refractivity contribution in [2.45, 2.75) is 25.2 Å². The lowest BCUT2D eigenvalue weighted by atomic mass is 9.88. The van der Waals surface area contributed by atoms with Gasteiger partial charge in [-0.2, -0.15) is 0 Å². The summed E-state index contributed by atoms with van der Waals surface area (Å²) >= 11 is 1.09. The van der Waals surface area contributed by atoms with Crippen LogP contribution in [-0.2, 0) is 9.59 Å². The van der Waals surface area contributed by atoms with Crippen molar-refractivity contribution in [3.05, 3.63) is 30.1 Å². The van der Waals surface area contributed by atoms with E-state index >= 15 is 0 Å². The summed E-state index contributed by atoms with van der Waals surface area (Å²) in [6, 6.07) is 6.21. The van der Waals surface area contributed by atoms with Gasteiger partial charge in [0.15, 0.2) is 0 Å². The van der Waals surface area contributed by atoms with Gasteiger partial charge in [-0.25, -0.2) is 4.39 Å². The van der Waals surface area contributed by atoms with Crippen LogP contribution in [0.3, 0.4) is 0 Å². The summed E-state index contributed by atoms with van der Waals surface area (Å²) in [6.45, 7) is 3.41.